The van der Waals surface area contributed by atoms with Crippen molar-refractivity contribution >= 4 is 33.1 Å². The molecule has 3 aromatic carbocycles. The minimum Gasteiger partial charge on any atom is -0.321 e. The molecule has 0 fully saturated rings. The van der Waals surface area contributed by atoms with Gasteiger partial charge in [0.1, 0.15) is 5.01 Å². The molecule has 1 N–H and O–H groups in total. The van der Waals surface area contributed by atoms with E-state index in [9.17, 15) is 18.0 Å². The first-order valence-corrected chi connectivity index (χ1v) is 9.58. The van der Waals surface area contributed by atoms with Crippen molar-refractivity contribution < 1.29 is 18.0 Å². The number of aryl methyl sites for hydroxylation is 1. The molecular weight excluding hydrogens is 397 g/mol. The van der Waals surface area contributed by atoms with Crippen molar-refractivity contribution in [1.82, 2.24) is 4.98 Å². The molecule has 146 valence electrons. The summed E-state index contributed by atoms with van der Waals surface area (Å²) in [6.45, 7) is 1.90. The molecule has 29 heavy (non-hydrogen) atoms. The number of nitrogens with zero attached hydrogens (tertiary/aromatic N) is 1. The fourth-order valence-electron chi connectivity index (χ4n) is 2.94. The molecule has 1 heterocycles. The van der Waals surface area contributed by atoms with Crippen LogP contribution in [-0.2, 0) is 6.18 Å². The summed E-state index contributed by atoms with van der Waals surface area (Å²) >= 11 is 1.51. The maximum atomic E-state index is 12.7. The van der Waals surface area contributed by atoms with E-state index in [4.69, 9.17) is 0 Å². The quantitative estimate of drug-likeness (QED) is 0.415. The summed E-state index contributed by atoms with van der Waals surface area (Å²) in [7, 11) is 0. The van der Waals surface area contributed by atoms with Crippen molar-refractivity contribution in [3.63, 3.8) is 0 Å². The number of anilines is 1. The highest BCUT2D eigenvalue weighted by Gasteiger charge is 2.30. The molecule has 4 aromatic rings. The zero-order chi connectivity index (χ0) is 20.6. The van der Waals surface area contributed by atoms with E-state index >= 15 is 0 Å². The number of aromatic nitrogens is 1. The highest BCUT2D eigenvalue weighted by atomic mass is 32.1. The number of benzene rings is 3. The smallest absolute Gasteiger partial charge is 0.321 e. The van der Waals surface area contributed by atoms with E-state index in [1.165, 1.54) is 23.5 Å². The predicted molar refractivity (Wildman–Crippen MR) is 109 cm³/mol. The molecule has 0 aliphatic rings. The lowest BCUT2D eigenvalue weighted by molar-refractivity contribution is -0.137. The lowest BCUT2D eigenvalue weighted by Crippen LogP contribution is -2.13. The second kappa shape index (κ2) is 7.33. The minimum atomic E-state index is -4.44. The molecule has 4 rings (SSSR count). The van der Waals surface area contributed by atoms with Gasteiger partial charge in [0, 0.05) is 11.1 Å². The van der Waals surface area contributed by atoms with Crippen molar-refractivity contribution in [2.45, 2.75) is 13.1 Å². The average molecular weight is 412 g/mol. The Morgan fingerprint density at radius 1 is 1.00 bits per heavy atom. The monoisotopic (exact) mass is 412 g/mol. The van der Waals surface area contributed by atoms with Crippen LogP contribution in [0, 0.1) is 6.92 Å². The number of amides is 1. The Morgan fingerprint density at radius 2 is 1.72 bits per heavy atom. The number of para-hydroxylation sites is 1. The number of halogens is 3. The van der Waals surface area contributed by atoms with Crippen LogP contribution in [-0.4, -0.2) is 10.9 Å². The van der Waals surface area contributed by atoms with Crippen LogP contribution < -0.4 is 5.32 Å². The van der Waals surface area contributed by atoms with E-state index in [1.807, 2.05) is 49.4 Å². The molecule has 0 bridgehead atoms. The van der Waals surface area contributed by atoms with Gasteiger partial charge in [0.15, 0.2) is 0 Å². The van der Waals surface area contributed by atoms with Crippen molar-refractivity contribution in [3.05, 3.63) is 83.4 Å². The third-order valence-electron chi connectivity index (χ3n) is 4.42. The van der Waals surface area contributed by atoms with Crippen LogP contribution in [0.2, 0.25) is 0 Å². The van der Waals surface area contributed by atoms with Crippen LogP contribution in [0.1, 0.15) is 21.5 Å². The second-order valence-electron chi connectivity index (χ2n) is 6.57. The molecule has 0 aliphatic carbocycles. The van der Waals surface area contributed by atoms with Gasteiger partial charge >= 0.3 is 6.18 Å². The maximum absolute atomic E-state index is 12.7. The molecule has 0 atom stereocenters. The summed E-state index contributed by atoms with van der Waals surface area (Å²) in [5.41, 5.74) is 2.49. The standard InChI is InChI=1S/C22H15F3N2OS/c1-13-6-11-16(21-27-17-4-2-3-5-19(17)29-21)18(12-13)26-20(28)14-7-9-15(10-8-14)22(23,24)25/h2-12H,1H3,(H,26,28). The van der Waals surface area contributed by atoms with Gasteiger partial charge in [-0.05, 0) is 61.0 Å². The Labute approximate surface area is 168 Å². The van der Waals surface area contributed by atoms with E-state index < -0.39 is 17.6 Å². The molecule has 1 amide bonds. The molecule has 1 aromatic heterocycles. The first-order valence-electron chi connectivity index (χ1n) is 8.76. The molecule has 3 nitrogen and oxygen atoms in total. The third-order valence-corrected chi connectivity index (χ3v) is 5.49. The van der Waals surface area contributed by atoms with Crippen molar-refractivity contribution in [3.8, 4) is 10.6 Å². The first kappa shape index (κ1) is 19.1. The Hall–Kier alpha value is -3.19. The van der Waals surface area contributed by atoms with Crippen LogP contribution in [0.25, 0.3) is 20.8 Å². The fourth-order valence-corrected chi connectivity index (χ4v) is 3.95. The van der Waals surface area contributed by atoms with Crippen molar-refractivity contribution in [2.75, 3.05) is 5.32 Å². The van der Waals surface area contributed by atoms with Crippen LogP contribution in [0.3, 0.4) is 0 Å². The average Bonchev–Trinajstić information content (AvgIpc) is 3.11. The van der Waals surface area contributed by atoms with Crippen molar-refractivity contribution in [2.24, 2.45) is 0 Å². The minimum absolute atomic E-state index is 0.148. The number of carbonyl (C=O) groups excluding carboxylic acids is 1. The van der Waals surface area contributed by atoms with Gasteiger partial charge in [-0.25, -0.2) is 4.98 Å². The Morgan fingerprint density at radius 3 is 2.41 bits per heavy atom. The van der Waals surface area contributed by atoms with E-state index in [-0.39, 0.29) is 5.56 Å². The number of fused-ring (bicyclic) bond motifs is 1. The molecule has 0 spiro atoms. The molecule has 0 saturated carbocycles. The molecule has 0 radical (unpaired) electrons. The van der Waals surface area contributed by atoms with Crippen LogP contribution in [0.5, 0.6) is 0 Å². The molecule has 0 aliphatic heterocycles. The Kier molecular flexibility index (Phi) is 4.84. The lowest BCUT2D eigenvalue weighted by atomic mass is 10.1. The number of alkyl halides is 3. The van der Waals surface area contributed by atoms with Crippen LogP contribution >= 0.6 is 11.3 Å². The maximum Gasteiger partial charge on any atom is 0.416 e. The predicted octanol–water partition coefficient (Wildman–Crippen LogP) is 6.54. The lowest BCUT2D eigenvalue weighted by Gasteiger charge is -2.12. The summed E-state index contributed by atoms with van der Waals surface area (Å²) in [6.07, 6.45) is -4.44. The SMILES string of the molecule is Cc1ccc(-c2nc3ccccc3s2)c(NC(=O)c2ccc(C(F)(F)F)cc2)c1. The van der Waals surface area contributed by atoms with Crippen LogP contribution in [0.4, 0.5) is 18.9 Å². The summed E-state index contributed by atoms with van der Waals surface area (Å²) in [4.78, 5) is 17.3. The van der Waals surface area contributed by atoms with Gasteiger partial charge in [-0.3, -0.25) is 4.79 Å². The molecule has 0 unspecified atom stereocenters. The summed E-state index contributed by atoms with van der Waals surface area (Å²) in [6, 6.07) is 17.5. The topological polar surface area (TPSA) is 42.0 Å². The number of nitrogens with one attached hydrogen (secondary N) is 1. The summed E-state index contributed by atoms with van der Waals surface area (Å²) < 4.78 is 39.2. The second-order valence-corrected chi connectivity index (χ2v) is 7.60. The zero-order valence-corrected chi connectivity index (χ0v) is 16.1. The third kappa shape index (κ3) is 4.00. The first-order chi connectivity index (χ1) is 13.8. The number of hydrogen-bond donors (Lipinski definition) is 1. The van der Waals surface area contributed by atoms with E-state index in [2.05, 4.69) is 10.3 Å². The van der Waals surface area contributed by atoms with Gasteiger partial charge < -0.3 is 5.32 Å². The van der Waals surface area contributed by atoms with Crippen LogP contribution in [0.15, 0.2) is 66.7 Å². The Balaban J connectivity index is 1.66. The fraction of sp³-hybridized carbons (Fsp3) is 0.0909. The van der Waals surface area contributed by atoms with Crippen molar-refractivity contribution in [1.29, 1.82) is 0 Å². The Bertz CT molecular complexity index is 1160. The molecule has 0 saturated heterocycles. The summed E-state index contributed by atoms with van der Waals surface area (Å²) in [5, 5.41) is 3.57. The van der Waals surface area contributed by atoms with Gasteiger partial charge in [-0.15, -0.1) is 11.3 Å². The van der Waals surface area contributed by atoms with Gasteiger partial charge in [0.25, 0.3) is 5.91 Å². The number of carbonyl (C=O) groups is 1. The number of hydrogen-bond acceptors (Lipinski definition) is 3. The zero-order valence-electron chi connectivity index (χ0n) is 15.2. The van der Waals surface area contributed by atoms with Gasteiger partial charge in [-0.2, -0.15) is 13.2 Å². The molecule has 7 heteroatoms. The number of rotatable bonds is 3. The van der Waals surface area contributed by atoms with E-state index in [0.717, 1.165) is 38.5 Å². The van der Waals surface area contributed by atoms with Gasteiger partial charge in [-0.1, -0.05) is 18.2 Å². The van der Waals surface area contributed by atoms with Gasteiger partial charge in [0.05, 0.1) is 21.5 Å². The van der Waals surface area contributed by atoms with Gasteiger partial charge in [0.2, 0.25) is 0 Å². The molecular formula is C22H15F3N2OS. The van der Waals surface area contributed by atoms with E-state index in [0.29, 0.717) is 5.69 Å². The largest absolute Gasteiger partial charge is 0.416 e. The highest BCUT2D eigenvalue weighted by Crippen LogP contribution is 2.35. The summed E-state index contributed by atoms with van der Waals surface area (Å²) in [5.74, 6) is -0.480. The van der Waals surface area contributed by atoms with E-state index in [1.54, 1.807) is 0 Å². The number of thiazole rings is 1. The highest BCUT2D eigenvalue weighted by molar-refractivity contribution is 7.21. The normalized spacial score (nSPS) is 11.6.